The maximum absolute atomic E-state index is 12.9. The fourth-order valence-electron chi connectivity index (χ4n) is 2.34. The molecule has 0 aliphatic carbocycles. The average Bonchev–Trinajstić information content (AvgIpc) is 3.20. The maximum Gasteiger partial charge on any atom is 0.292 e. The third-order valence-corrected chi connectivity index (χ3v) is 5.06. The van der Waals surface area contributed by atoms with Gasteiger partial charge in [0.15, 0.2) is 5.01 Å². The SMILES string of the molecule is CNc1ccc(/C=C(\Cl)c2nnc(C(=O)Nc3ccc(F)cc3)s2)cc1[N+](=O)[O-]. The molecule has 29 heavy (non-hydrogen) atoms. The predicted octanol–water partition coefficient (Wildman–Crippen LogP) is 4.62. The molecular weight excluding hydrogens is 421 g/mol. The van der Waals surface area contributed by atoms with Gasteiger partial charge in [-0.05, 0) is 42.0 Å². The number of anilines is 2. The highest BCUT2D eigenvalue weighted by Crippen LogP contribution is 2.29. The average molecular weight is 434 g/mol. The van der Waals surface area contributed by atoms with Crippen molar-refractivity contribution in [1.82, 2.24) is 10.2 Å². The molecule has 148 valence electrons. The van der Waals surface area contributed by atoms with E-state index in [9.17, 15) is 19.3 Å². The number of amides is 1. The summed E-state index contributed by atoms with van der Waals surface area (Å²) in [6.07, 6.45) is 1.50. The molecule has 0 saturated heterocycles. The van der Waals surface area contributed by atoms with Crippen LogP contribution in [-0.4, -0.2) is 28.1 Å². The van der Waals surface area contributed by atoms with E-state index in [0.29, 0.717) is 16.9 Å². The fraction of sp³-hybridized carbons (Fsp3) is 0.0556. The first-order valence-corrected chi connectivity index (χ1v) is 9.31. The fourth-order valence-corrected chi connectivity index (χ4v) is 3.26. The first kappa shape index (κ1) is 20.4. The van der Waals surface area contributed by atoms with Gasteiger partial charge in [0.1, 0.15) is 11.5 Å². The minimum atomic E-state index is -0.515. The molecule has 0 atom stereocenters. The molecule has 1 aromatic heterocycles. The standard InChI is InChI=1S/C18H13ClFN5O3S/c1-21-14-7-2-10(9-15(14)25(27)28)8-13(19)17-23-24-18(29-17)16(26)22-12-5-3-11(20)4-6-12/h2-9,21H,1H3,(H,22,26)/b13-8-. The van der Waals surface area contributed by atoms with Crippen LogP contribution in [0, 0.1) is 15.9 Å². The number of aromatic nitrogens is 2. The summed E-state index contributed by atoms with van der Waals surface area (Å²) >= 11 is 7.21. The molecular formula is C18H13ClFN5O3S. The van der Waals surface area contributed by atoms with Crippen molar-refractivity contribution in [2.45, 2.75) is 0 Å². The van der Waals surface area contributed by atoms with E-state index in [1.165, 1.54) is 36.4 Å². The van der Waals surface area contributed by atoms with E-state index >= 15 is 0 Å². The quantitative estimate of drug-likeness (QED) is 0.433. The van der Waals surface area contributed by atoms with Crippen molar-refractivity contribution < 1.29 is 14.1 Å². The Morgan fingerprint density at radius 2 is 1.90 bits per heavy atom. The normalized spacial score (nSPS) is 11.2. The summed E-state index contributed by atoms with van der Waals surface area (Å²) in [4.78, 5) is 22.9. The number of hydrogen-bond acceptors (Lipinski definition) is 7. The van der Waals surface area contributed by atoms with E-state index in [0.717, 1.165) is 11.3 Å². The third-order valence-electron chi connectivity index (χ3n) is 3.71. The molecule has 2 N–H and O–H groups in total. The number of carbonyl (C=O) groups is 1. The van der Waals surface area contributed by atoms with Gasteiger partial charge in [-0.3, -0.25) is 14.9 Å². The van der Waals surface area contributed by atoms with Crippen molar-refractivity contribution in [3.05, 3.63) is 74.0 Å². The Hall–Kier alpha value is -3.37. The zero-order valence-corrected chi connectivity index (χ0v) is 16.4. The van der Waals surface area contributed by atoms with Crippen LogP contribution in [0.1, 0.15) is 20.4 Å². The van der Waals surface area contributed by atoms with Gasteiger partial charge in [-0.2, -0.15) is 0 Å². The van der Waals surface area contributed by atoms with E-state index in [1.807, 2.05) is 0 Å². The van der Waals surface area contributed by atoms with Crippen LogP contribution in [0.15, 0.2) is 42.5 Å². The molecule has 1 amide bonds. The largest absolute Gasteiger partial charge is 0.383 e. The molecule has 8 nitrogen and oxygen atoms in total. The van der Waals surface area contributed by atoms with Crippen molar-refractivity contribution in [1.29, 1.82) is 0 Å². The molecule has 1 heterocycles. The van der Waals surface area contributed by atoms with Crippen LogP contribution in [0.5, 0.6) is 0 Å². The molecule has 0 aliphatic heterocycles. The molecule has 0 aliphatic rings. The predicted molar refractivity (Wildman–Crippen MR) is 111 cm³/mol. The van der Waals surface area contributed by atoms with Gasteiger partial charge in [-0.15, -0.1) is 10.2 Å². The zero-order valence-electron chi connectivity index (χ0n) is 14.8. The van der Waals surface area contributed by atoms with Crippen molar-refractivity contribution in [2.24, 2.45) is 0 Å². The van der Waals surface area contributed by atoms with Gasteiger partial charge < -0.3 is 10.6 Å². The van der Waals surface area contributed by atoms with Crippen LogP contribution in [0.25, 0.3) is 11.1 Å². The summed E-state index contributed by atoms with van der Waals surface area (Å²) in [6, 6.07) is 9.88. The van der Waals surface area contributed by atoms with Crippen LogP contribution in [0.4, 0.5) is 21.5 Å². The second-order valence-corrected chi connectivity index (χ2v) is 7.03. The molecule has 3 aromatic rings. The van der Waals surface area contributed by atoms with E-state index in [-0.39, 0.29) is 20.7 Å². The van der Waals surface area contributed by atoms with Gasteiger partial charge >= 0.3 is 0 Å². The Kier molecular flexibility index (Phi) is 6.15. The van der Waals surface area contributed by atoms with Gasteiger partial charge in [0, 0.05) is 18.8 Å². The zero-order chi connectivity index (χ0) is 21.0. The highest BCUT2D eigenvalue weighted by atomic mass is 35.5. The Labute approximate surface area is 173 Å². The van der Waals surface area contributed by atoms with E-state index < -0.39 is 16.6 Å². The number of benzene rings is 2. The Balaban J connectivity index is 1.78. The topological polar surface area (TPSA) is 110 Å². The van der Waals surface area contributed by atoms with Gasteiger partial charge in [-0.25, -0.2) is 4.39 Å². The number of nitro groups is 1. The summed E-state index contributed by atoms with van der Waals surface area (Å²) in [5, 5.41) is 24.7. The smallest absolute Gasteiger partial charge is 0.292 e. The maximum atomic E-state index is 12.9. The Bertz CT molecular complexity index is 1100. The van der Waals surface area contributed by atoms with Crippen LogP contribution in [0.2, 0.25) is 0 Å². The number of nitrogens with one attached hydrogen (secondary N) is 2. The molecule has 0 spiro atoms. The lowest BCUT2D eigenvalue weighted by molar-refractivity contribution is -0.383. The monoisotopic (exact) mass is 433 g/mol. The Morgan fingerprint density at radius 1 is 1.21 bits per heavy atom. The molecule has 0 bridgehead atoms. The lowest BCUT2D eigenvalue weighted by Gasteiger charge is -2.03. The summed E-state index contributed by atoms with van der Waals surface area (Å²) in [5.41, 5.74) is 1.18. The minimum Gasteiger partial charge on any atom is -0.383 e. The van der Waals surface area contributed by atoms with E-state index in [1.54, 1.807) is 19.2 Å². The summed E-state index contributed by atoms with van der Waals surface area (Å²) in [6.45, 7) is 0. The third kappa shape index (κ3) is 4.92. The van der Waals surface area contributed by atoms with Crippen molar-refractivity contribution in [2.75, 3.05) is 17.7 Å². The number of carbonyl (C=O) groups excluding carboxylic acids is 1. The number of rotatable bonds is 6. The van der Waals surface area contributed by atoms with Gasteiger partial charge in [0.2, 0.25) is 5.01 Å². The van der Waals surface area contributed by atoms with Crippen molar-refractivity contribution in [3.63, 3.8) is 0 Å². The van der Waals surface area contributed by atoms with Crippen LogP contribution >= 0.6 is 22.9 Å². The highest BCUT2D eigenvalue weighted by molar-refractivity contribution is 7.15. The highest BCUT2D eigenvalue weighted by Gasteiger charge is 2.16. The lowest BCUT2D eigenvalue weighted by atomic mass is 10.1. The van der Waals surface area contributed by atoms with E-state index in [4.69, 9.17) is 11.6 Å². The van der Waals surface area contributed by atoms with Gasteiger partial charge in [0.05, 0.1) is 9.96 Å². The molecule has 2 aromatic carbocycles. The Morgan fingerprint density at radius 3 is 2.55 bits per heavy atom. The number of nitro benzene ring substituents is 1. The van der Waals surface area contributed by atoms with Crippen molar-refractivity contribution in [3.8, 4) is 0 Å². The molecule has 3 rings (SSSR count). The van der Waals surface area contributed by atoms with Crippen LogP contribution < -0.4 is 10.6 Å². The van der Waals surface area contributed by atoms with Crippen molar-refractivity contribution >= 4 is 57.0 Å². The number of hydrogen-bond donors (Lipinski definition) is 2. The summed E-state index contributed by atoms with van der Waals surface area (Å²) < 4.78 is 12.9. The first-order chi connectivity index (χ1) is 13.9. The number of halogens is 2. The lowest BCUT2D eigenvalue weighted by Crippen LogP contribution is -2.11. The second-order valence-electron chi connectivity index (χ2n) is 5.65. The summed E-state index contributed by atoms with van der Waals surface area (Å²) in [7, 11) is 1.59. The van der Waals surface area contributed by atoms with Crippen LogP contribution in [0.3, 0.4) is 0 Å². The van der Waals surface area contributed by atoms with Gasteiger partial charge in [-0.1, -0.05) is 29.0 Å². The summed E-state index contributed by atoms with van der Waals surface area (Å²) in [5.74, 6) is -0.931. The molecule has 11 heteroatoms. The molecule has 0 radical (unpaired) electrons. The van der Waals surface area contributed by atoms with Crippen LogP contribution in [-0.2, 0) is 0 Å². The first-order valence-electron chi connectivity index (χ1n) is 8.11. The molecule has 0 saturated carbocycles. The number of nitrogens with zero attached hydrogens (tertiary/aromatic N) is 3. The van der Waals surface area contributed by atoms with E-state index in [2.05, 4.69) is 20.8 Å². The molecule has 0 unspecified atom stereocenters. The second kappa shape index (κ2) is 8.76. The minimum absolute atomic E-state index is 0.0624. The molecule has 0 fully saturated rings. The van der Waals surface area contributed by atoms with Gasteiger partial charge in [0.25, 0.3) is 11.6 Å².